The van der Waals surface area contributed by atoms with Crippen LogP contribution in [-0.4, -0.2) is 18.5 Å². The van der Waals surface area contributed by atoms with Gasteiger partial charge in [0.05, 0.1) is 17.0 Å². The minimum Gasteiger partial charge on any atom is -0.462 e. The number of hydrogen-bond acceptors (Lipinski definition) is 5. The fraction of sp³-hybridized carbons (Fsp3) is 0.273. The molecule has 146 valence electrons. The van der Waals surface area contributed by atoms with Gasteiger partial charge in [-0.05, 0) is 49.9 Å². The van der Waals surface area contributed by atoms with Crippen LogP contribution in [0.25, 0.3) is 10.4 Å². The van der Waals surface area contributed by atoms with Crippen molar-refractivity contribution in [3.63, 3.8) is 0 Å². The van der Waals surface area contributed by atoms with Gasteiger partial charge in [0, 0.05) is 9.75 Å². The minimum absolute atomic E-state index is 0.204. The lowest BCUT2D eigenvalue weighted by Gasteiger charge is -2.07. The van der Waals surface area contributed by atoms with Crippen molar-refractivity contribution >= 4 is 39.6 Å². The molecule has 3 rings (SSSR count). The first-order valence-corrected chi connectivity index (χ1v) is 10.9. The Labute approximate surface area is 173 Å². The molecule has 0 aliphatic carbocycles. The lowest BCUT2D eigenvalue weighted by Crippen LogP contribution is -2.14. The SMILES string of the molecule is CCOC(=O)c1c(NC(=O)c2cc(C)c(-c3ccccc3)s2)sc(C)c1CC. The van der Waals surface area contributed by atoms with Crippen molar-refractivity contribution in [1.82, 2.24) is 0 Å². The first-order valence-electron chi connectivity index (χ1n) is 9.22. The van der Waals surface area contributed by atoms with Gasteiger partial charge in [-0.25, -0.2) is 4.79 Å². The van der Waals surface area contributed by atoms with Gasteiger partial charge < -0.3 is 10.1 Å². The predicted octanol–water partition coefficient (Wildman–Crippen LogP) is 6.08. The van der Waals surface area contributed by atoms with E-state index in [1.54, 1.807) is 6.92 Å². The average Bonchev–Trinajstić information content (AvgIpc) is 3.22. The van der Waals surface area contributed by atoms with E-state index in [1.807, 2.05) is 57.2 Å². The first-order chi connectivity index (χ1) is 13.5. The molecule has 2 aromatic heterocycles. The number of anilines is 1. The third-order valence-corrected chi connectivity index (χ3v) is 6.79. The zero-order valence-electron chi connectivity index (χ0n) is 16.4. The molecule has 0 aliphatic rings. The molecular weight excluding hydrogens is 390 g/mol. The van der Waals surface area contributed by atoms with Gasteiger partial charge in [0.15, 0.2) is 0 Å². The second-order valence-electron chi connectivity index (χ2n) is 6.36. The van der Waals surface area contributed by atoms with Crippen molar-refractivity contribution in [3.05, 3.63) is 62.8 Å². The maximum absolute atomic E-state index is 12.9. The molecule has 4 nitrogen and oxygen atoms in total. The molecule has 0 atom stereocenters. The number of carbonyl (C=O) groups excluding carboxylic acids is 2. The van der Waals surface area contributed by atoms with E-state index in [1.165, 1.54) is 22.7 Å². The number of thiophene rings is 2. The largest absolute Gasteiger partial charge is 0.462 e. The summed E-state index contributed by atoms with van der Waals surface area (Å²) >= 11 is 2.88. The molecule has 2 heterocycles. The zero-order valence-corrected chi connectivity index (χ0v) is 18.1. The van der Waals surface area contributed by atoms with E-state index in [0.29, 0.717) is 28.5 Å². The number of esters is 1. The van der Waals surface area contributed by atoms with Crippen LogP contribution in [0.15, 0.2) is 36.4 Å². The van der Waals surface area contributed by atoms with Crippen LogP contribution in [0.2, 0.25) is 0 Å². The smallest absolute Gasteiger partial charge is 0.341 e. The number of hydrogen-bond donors (Lipinski definition) is 1. The van der Waals surface area contributed by atoms with Gasteiger partial charge in [-0.3, -0.25) is 4.79 Å². The van der Waals surface area contributed by atoms with Gasteiger partial charge in [0.1, 0.15) is 5.00 Å². The Morgan fingerprint density at radius 1 is 1.07 bits per heavy atom. The quantitative estimate of drug-likeness (QED) is 0.498. The molecule has 1 N–H and O–H groups in total. The Hall–Kier alpha value is -2.44. The van der Waals surface area contributed by atoms with Crippen molar-refractivity contribution in [3.8, 4) is 10.4 Å². The molecule has 0 saturated carbocycles. The molecule has 0 radical (unpaired) electrons. The summed E-state index contributed by atoms with van der Waals surface area (Å²) in [5.74, 6) is -0.587. The molecule has 0 bridgehead atoms. The van der Waals surface area contributed by atoms with E-state index in [9.17, 15) is 9.59 Å². The summed E-state index contributed by atoms with van der Waals surface area (Å²) in [4.78, 5) is 28.1. The first kappa shape index (κ1) is 20.3. The Morgan fingerprint density at radius 3 is 2.43 bits per heavy atom. The minimum atomic E-state index is -0.383. The molecular formula is C22H23NO3S2. The summed E-state index contributed by atoms with van der Waals surface area (Å²) in [6.45, 7) is 8.04. The van der Waals surface area contributed by atoms with Gasteiger partial charge in [-0.15, -0.1) is 22.7 Å². The fourth-order valence-corrected chi connectivity index (χ4v) is 5.35. The number of carbonyl (C=O) groups is 2. The lowest BCUT2D eigenvalue weighted by atomic mass is 10.1. The summed E-state index contributed by atoms with van der Waals surface area (Å²) < 4.78 is 5.21. The highest BCUT2D eigenvalue weighted by Gasteiger charge is 2.24. The van der Waals surface area contributed by atoms with Crippen LogP contribution in [0.1, 0.15) is 49.9 Å². The van der Waals surface area contributed by atoms with Crippen LogP contribution in [0.3, 0.4) is 0 Å². The summed E-state index contributed by atoms with van der Waals surface area (Å²) in [6, 6.07) is 11.9. The van der Waals surface area contributed by atoms with Gasteiger partial charge >= 0.3 is 5.97 Å². The van der Waals surface area contributed by atoms with Gasteiger partial charge in [0.2, 0.25) is 0 Å². The average molecular weight is 414 g/mol. The third kappa shape index (κ3) is 4.03. The molecule has 1 aromatic carbocycles. The Kier molecular flexibility index (Phi) is 6.31. The van der Waals surface area contributed by atoms with Gasteiger partial charge in [0.25, 0.3) is 5.91 Å². The fourth-order valence-electron chi connectivity index (χ4n) is 3.15. The molecule has 1 amide bonds. The van der Waals surface area contributed by atoms with Crippen LogP contribution < -0.4 is 5.32 Å². The van der Waals surface area contributed by atoms with E-state index in [4.69, 9.17) is 4.74 Å². The second kappa shape index (κ2) is 8.71. The maximum atomic E-state index is 12.9. The normalized spacial score (nSPS) is 10.7. The second-order valence-corrected chi connectivity index (χ2v) is 8.63. The monoisotopic (exact) mass is 413 g/mol. The van der Waals surface area contributed by atoms with Crippen molar-refractivity contribution in [2.75, 3.05) is 11.9 Å². The highest BCUT2D eigenvalue weighted by atomic mass is 32.1. The van der Waals surface area contributed by atoms with Crippen LogP contribution in [-0.2, 0) is 11.2 Å². The summed E-state index contributed by atoms with van der Waals surface area (Å²) in [7, 11) is 0. The Balaban J connectivity index is 1.91. The molecule has 0 aliphatic heterocycles. The van der Waals surface area contributed by atoms with Crippen LogP contribution in [0.5, 0.6) is 0 Å². The maximum Gasteiger partial charge on any atom is 0.341 e. The Morgan fingerprint density at radius 2 is 1.79 bits per heavy atom. The molecule has 3 aromatic rings. The van der Waals surface area contributed by atoms with E-state index in [-0.39, 0.29) is 11.9 Å². The lowest BCUT2D eigenvalue weighted by molar-refractivity contribution is 0.0527. The molecule has 0 fully saturated rings. The van der Waals surface area contributed by atoms with Crippen molar-refractivity contribution < 1.29 is 14.3 Å². The van der Waals surface area contributed by atoms with Crippen LogP contribution in [0.4, 0.5) is 5.00 Å². The predicted molar refractivity (Wildman–Crippen MR) is 117 cm³/mol. The highest BCUT2D eigenvalue weighted by molar-refractivity contribution is 7.18. The van der Waals surface area contributed by atoms with Crippen molar-refractivity contribution in [2.24, 2.45) is 0 Å². The number of amides is 1. The molecule has 0 spiro atoms. The van der Waals surface area contributed by atoms with E-state index in [2.05, 4.69) is 5.32 Å². The number of ether oxygens (including phenoxy) is 1. The van der Waals surface area contributed by atoms with Crippen molar-refractivity contribution in [1.29, 1.82) is 0 Å². The molecule has 6 heteroatoms. The topological polar surface area (TPSA) is 55.4 Å². The molecule has 0 saturated heterocycles. The van der Waals surface area contributed by atoms with E-state index >= 15 is 0 Å². The summed E-state index contributed by atoms with van der Waals surface area (Å²) in [5, 5.41) is 3.50. The Bertz CT molecular complexity index is 1000. The van der Waals surface area contributed by atoms with Gasteiger partial charge in [-0.1, -0.05) is 37.3 Å². The zero-order chi connectivity index (χ0) is 20.3. The molecule has 0 unspecified atom stereocenters. The number of nitrogens with one attached hydrogen (secondary N) is 1. The highest BCUT2D eigenvalue weighted by Crippen LogP contribution is 2.36. The molecule has 28 heavy (non-hydrogen) atoms. The third-order valence-electron chi connectivity index (χ3n) is 4.45. The number of rotatable bonds is 6. The number of benzene rings is 1. The summed E-state index contributed by atoms with van der Waals surface area (Å²) in [5.41, 5.74) is 3.57. The van der Waals surface area contributed by atoms with Crippen LogP contribution in [0, 0.1) is 13.8 Å². The van der Waals surface area contributed by atoms with E-state index < -0.39 is 0 Å². The number of aryl methyl sites for hydroxylation is 2. The summed E-state index contributed by atoms with van der Waals surface area (Å²) in [6.07, 6.45) is 0.711. The standard InChI is InChI=1S/C22H23NO3S2/c1-5-16-14(4)27-21(18(16)22(25)26-6-2)23-20(24)17-12-13(3)19(28-17)15-10-8-7-9-11-15/h7-12H,5-6H2,1-4H3,(H,23,24). The van der Waals surface area contributed by atoms with E-state index in [0.717, 1.165) is 26.4 Å². The van der Waals surface area contributed by atoms with Crippen molar-refractivity contribution in [2.45, 2.75) is 34.1 Å². The van der Waals surface area contributed by atoms with Gasteiger partial charge in [-0.2, -0.15) is 0 Å². The van der Waals surface area contributed by atoms with Crippen LogP contribution >= 0.6 is 22.7 Å².